The van der Waals surface area contributed by atoms with Crippen molar-refractivity contribution in [1.29, 1.82) is 0 Å². The van der Waals surface area contributed by atoms with E-state index >= 15 is 0 Å². The third-order valence-corrected chi connectivity index (χ3v) is 5.47. The van der Waals surface area contributed by atoms with Crippen LogP contribution in [0, 0.1) is 0 Å². The number of nitrogens with one attached hydrogen (secondary N) is 1. The van der Waals surface area contributed by atoms with E-state index in [1.807, 2.05) is 0 Å². The van der Waals surface area contributed by atoms with Crippen LogP contribution >= 0.6 is 31.1 Å². The Morgan fingerprint density at radius 1 is 1.18 bits per heavy atom. The first-order valence-corrected chi connectivity index (χ1v) is 8.25. The van der Waals surface area contributed by atoms with Crippen molar-refractivity contribution >= 4 is 36.8 Å². The average Bonchev–Trinajstić information content (AvgIpc) is 2.13. The van der Waals surface area contributed by atoms with Gasteiger partial charge in [-0.2, -0.15) is 0 Å². The first kappa shape index (κ1) is 14.8. The SMILES string of the molecule is O=P(O)(O)C(Nc1ccc(Br)nc1)P(=O)(O)O. The van der Waals surface area contributed by atoms with Crippen LogP contribution in [-0.4, -0.2) is 30.1 Å². The highest BCUT2D eigenvalue weighted by molar-refractivity contribution is 9.10. The van der Waals surface area contributed by atoms with E-state index in [2.05, 4.69) is 26.2 Å². The van der Waals surface area contributed by atoms with E-state index < -0.39 is 20.7 Å². The van der Waals surface area contributed by atoms with Crippen LogP contribution in [0.5, 0.6) is 0 Å². The molecule has 0 aromatic carbocycles. The van der Waals surface area contributed by atoms with E-state index in [0.29, 0.717) is 4.60 Å². The van der Waals surface area contributed by atoms with Gasteiger partial charge in [-0.25, -0.2) is 4.98 Å². The highest BCUT2D eigenvalue weighted by Gasteiger charge is 2.43. The Morgan fingerprint density at radius 3 is 2.06 bits per heavy atom. The zero-order chi connectivity index (χ0) is 13.3. The predicted molar refractivity (Wildman–Crippen MR) is 63.4 cm³/mol. The quantitative estimate of drug-likeness (QED) is 0.400. The van der Waals surface area contributed by atoms with Gasteiger partial charge in [-0.1, -0.05) is 0 Å². The normalized spacial score (nSPS) is 12.8. The number of pyridine rings is 1. The number of halogens is 1. The van der Waals surface area contributed by atoms with Crippen molar-refractivity contribution in [1.82, 2.24) is 4.98 Å². The topological polar surface area (TPSA) is 140 Å². The molecule has 0 saturated heterocycles. The fourth-order valence-electron chi connectivity index (χ4n) is 0.974. The molecule has 0 aliphatic carbocycles. The van der Waals surface area contributed by atoms with Crippen LogP contribution < -0.4 is 5.32 Å². The summed E-state index contributed by atoms with van der Waals surface area (Å²) in [6, 6.07) is 2.83. The summed E-state index contributed by atoms with van der Waals surface area (Å²) in [6.45, 7) is 0. The molecule has 1 heterocycles. The Balaban J connectivity index is 3.00. The van der Waals surface area contributed by atoms with E-state index in [1.54, 1.807) is 0 Å². The van der Waals surface area contributed by atoms with Gasteiger partial charge in [-0.05, 0) is 28.1 Å². The predicted octanol–water partition coefficient (Wildman–Crippen LogP) is 0.895. The molecule has 8 nitrogen and oxygen atoms in total. The molecule has 0 spiro atoms. The van der Waals surface area contributed by atoms with Crippen LogP contribution in [-0.2, 0) is 9.13 Å². The van der Waals surface area contributed by atoms with Crippen LogP contribution in [0.4, 0.5) is 5.69 Å². The molecule has 96 valence electrons. The van der Waals surface area contributed by atoms with E-state index in [1.165, 1.54) is 18.3 Å². The second-order valence-electron chi connectivity index (χ2n) is 3.07. The molecule has 17 heavy (non-hydrogen) atoms. The molecular weight excluding hydrogens is 338 g/mol. The molecule has 0 aliphatic heterocycles. The van der Waals surface area contributed by atoms with Gasteiger partial charge in [0.1, 0.15) is 4.60 Å². The molecule has 0 amide bonds. The fraction of sp³-hybridized carbons (Fsp3) is 0.167. The Kier molecular flexibility index (Phi) is 4.49. The molecule has 11 heteroatoms. The minimum absolute atomic E-state index is 0.0878. The van der Waals surface area contributed by atoms with Crippen molar-refractivity contribution < 1.29 is 28.7 Å². The highest BCUT2D eigenvalue weighted by atomic mass is 79.9. The molecule has 0 saturated carbocycles. The van der Waals surface area contributed by atoms with E-state index in [4.69, 9.17) is 19.6 Å². The lowest BCUT2D eigenvalue weighted by Gasteiger charge is -2.21. The molecule has 5 N–H and O–H groups in total. The van der Waals surface area contributed by atoms with Gasteiger partial charge in [0.2, 0.25) is 5.52 Å². The molecule has 0 unspecified atom stereocenters. The Morgan fingerprint density at radius 2 is 1.71 bits per heavy atom. The summed E-state index contributed by atoms with van der Waals surface area (Å²) in [5.41, 5.74) is -2.19. The van der Waals surface area contributed by atoms with Crippen molar-refractivity contribution in [2.75, 3.05) is 5.32 Å². The zero-order valence-corrected chi connectivity index (χ0v) is 11.5. The molecule has 0 aliphatic rings. The maximum Gasteiger partial charge on any atom is 0.360 e. The summed E-state index contributed by atoms with van der Waals surface area (Å²) in [4.78, 5) is 39.2. The van der Waals surface area contributed by atoms with E-state index in [0.717, 1.165) is 0 Å². The molecule has 0 atom stereocenters. The number of aromatic nitrogens is 1. The molecule has 1 rings (SSSR count). The maximum atomic E-state index is 11.0. The summed E-state index contributed by atoms with van der Waals surface area (Å²) < 4.78 is 22.4. The van der Waals surface area contributed by atoms with Crippen LogP contribution in [0.1, 0.15) is 0 Å². The number of nitrogens with zero attached hydrogens (tertiary/aromatic N) is 1. The standard InChI is InChI=1S/C6H9BrN2O6P2/c7-5-2-1-4(3-8-5)9-6(16(10,11)12)17(13,14)15/h1-3,6,9H,(H2,10,11,12)(H2,13,14,15). The average molecular weight is 347 g/mol. The van der Waals surface area contributed by atoms with Gasteiger partial charge in [-0.3, -0.25) is 9.13 Å². The summed E-state index contributed by atoms with van der Waals surface area (Å²) >= 11 is 3.04. The van der Waals surface area contributed by atoms with Crippen molar-refractivity contribution in [3.05, 3.63) is 22.9 Å². The second-order valence-corrected chi connectivity index (χ2v) is 7.67. The summed E-state index contributed by atoms with van der Waals surface area (Å²) in [7, 11) is -9.98. The van der Waals surface area contributed by atoms with Crippen molar-refractivity contribution in [3.8, 4) is 0 Å². The van der Waals surface area contributed by atoms with E-state index in [9.17, 15) is 9.13 Å². The third-order valence-electron chi connectivity index (χ3n) is 1.66. The molecule has 1 aromatic heterocycles. The highest BCUT2D eigenvalue weighted by Crippen LogP contribution is 2.59. The Hall–Kier alpha value is -0.270. The van der Waals surface area contributed by atoms with Gasteiger partial charge in [0.05, 0.1) is 11.9 Å². The second kappa shape index (κ2) is 5.16. The number of anilines is 1. The lowest BCUT2D eigenvalue weighted by Crippen LogP contribution is -2.19. The largest absolute Gasteiger partial charge is 0.360 e. The fourth-order valence-corrected chi connectivity index (χ4v) is 3.41. The molecular formula is C6H9BrN2O6P2. The smallest absolute Gasteiger partial charge is 0.360 e. The monoisotopic (exact) mass is 346 g/mol. The van der Waals surface area contributed by atoms with Crippen molar-refractivity contribution in [3.63, 3.8) is 0 Å². The van der Waals surface area contributed by atoms with Crippen LogP contribution in [0.25, 0.3) is 0 Å². The van der Waals surface area contributed by atoms with Gasteiger partial charge in [0.15, 0.2) is 0 Å². The summed E-state index contributed by atoms with van der Waals surface area (Å²) in [5.74, 6) is 0. The molecule has 0 radical (unpaired) electrons. The molecule has 0 fully saturated rings. The van der Waals surface area contributed by atoms with Gasteiger partial charge >= 0.3 is 15.2 Å². The van der Waals surface area contributed by atoms with Crippen LogP contribution in [0.3, 0.4) is 0 Å². The van der Waals surface area contributed by atoms with Crippen LogP contribution in [0.15, 0.2) is 22.9 Å². The van der Waals surface area contributed by atoms with Crippen molar-refractivity contribution in [2.24, 2.45) is 0 Å². The van der Waals surface area contributed by atoms with Gasteiger partial charge in [0.25, 0.3) is 0 Å². The lowest BCUT2D eigenvalue weighted by molar-refractivity contribution is 0.343. The number of rotatable bonds is 4. The van der Waals surface area contributed by atoms with E-state index in [-0.39, 0.29) is 5.69 Å². The lowest BCUT2D eigenvalue weighted by atomic mass is 10.4. The maximum absolute atomic E-state index is 11.0. The third kappa shape index (κ3) is 4.48. The molecule has 0 bridgehead atoms. The zero-order valence-electron chi connectivity index (χ0n) is 8.13. The summed E-state index contributed by atoms with van der Waals surface area (Å²) in [5, 5.41) is 2.08. The Labute approximate surface area is 105 Å². The van der Waals surface area contributed by atoms with Gasteiger partial charge in [-0.15, -0.1) is 0 Å². The summed E-state index contributed by atoms with van der Waals surface area (Å²) in [6.07, 6.45) is 1.18. The first-order valence-electron chi connectivity index (χ1n) is 4.09. The van der Waals surface area contributed by atoms with Gasteiger partial charge < -0.3 is 24.9 Å². The van der Waals surface area contributed by atoms with Crippen molar-refractivity contribution in [2.45, 2.75) is 5.52 Å². The number of hydrogen-bond donors (Lipinski definition) is 5. The van der Waals surface area contributed by atoms with Gasteiger partial charge in [0, 0.05) is 0 Å². The minimum Gasteiger partial charge on any atom is -0.360 e. The molecule has 1 aromatic rings. The first-order chi connectivity index (χ1) is 7.60. The Bertz CT molecular complexity index is 460. The number of hydrogen-bond acceptors (Lipinski definition) is 4. The minimum atomic E-state index is -4.99. The van der Waals surface area contributed by atoms with Crippen LogP contribution in [0.2, 0.25) is 0 Å².